The lowest BCUT2D eigenvalue weighted by molar-refractivity contribution is 0.151. The molecule has 1 aromatic heterocycles. The quantitative estimate of drug-likeness (QED) is 0.431. The number of aryl methyl sites for hydroxylation is 2. The lowest BCUT2D eigenvalue weighted by atomic mass is 9.89. The molecule has 2 aromatic rings. The predicted octanol–water partition coefficient (Wildman–Crippen LogP) is 6.10. The molecule has 198 valence electrons. The summed E-state index contributed by atoms with van der Waals surface area (Å²) in [6, 6.07) is 6.53. The number of sulfonamides is 1. The van der Waals surface area contributed by atoms with Gasteiger partial charge in [0.15, 0.2) is 5.13 Å². The summed E-state index contributed by atoms with van der Waals surface area (Å²) in [5, 5.41) is 4.49. The minimum atomic E-state index is -3.59. The Hall–Kier alpha value is -1.48. The van der Waals surface area contributed by atoms with Crippen LogP contribution in [0.5, 0.6) is 0 Å². The number of rotatable bonds is 8. The van der Waals surface area contributed by atoms with Gasteiger partial charge in [-0.05, 0) is 88.6 Å². The van der Waals surface area contributed by atoms with E-state index in [1.54, 1.807) is 11.3 Å². The lowest BCUT2D eigenvalue weighted by Gasteiger charge is -2.36. The smallest absolute Gasteiger partial charge is 0.241 e. The Bertz CT molecular complexity index is 1130. The van der Waals surface area contributed by atoms with Gasteiger partial charge in [-0.2, -0.15) is 0 Å². The monoisotopic (exact) mass is 530 g/mol. The van der Waals surface area contributed by atoms with Crippen LogP contribution in [0.3, 0.4) is 0 Å². The molecule has 0 radical (unpaired) electrons. The second kappa shape index (κ2) is 11.5. The standard InChI is InChI=1S/C28H42N4O2S2/c1-20-12-13-23(27-21(2)30-28(35-27)29-19-22-8-4-3-5-9-22)18-26(20)36(33,34)31-24-14-16-32(17-15-24)25-10-6-7-11-25/h12-13,18,22,24-25,31H,3-11,14-17,19H2,1-2H3,(H,29,30). The van der Waals surface area contributed by atoms with Crippen molar-refractivity contribution in [3.8, 4) is 10.4 Å². The predicted molar refractivity (Wildman–Crippen MR) is 149 cm³/mol. The first kappa shape index (κ1) is 26.1. The molecular formula is C28H42N4O2S2. The van der Waals surface area contributed by atoms with Gasteiger partial charge in [-0.25, -0.2) is 18.1 Å². The molecule has 2 saturated carbocycles. The molecule has 6 nitrogen and oxygen atoms in total. The molecule has 3 fully saturated rings. The molecule has 0 unspecified atom stereocenters. The van der Waals surface area contributed by atoms with Crippen LogP contribution in [0, 0.1) is 19.8 Å². The Morgan fingerprint density at radius 3 is 2.39 bits per heavy atom. The zero-order chi connectivity index (χ0) is 25.1. The fraction of sp³-hybridized carbons (Fsp3) is 0.679. The molecule has 8 heteroatoms. The number of nitrogens with one attached hydrogen (secondary N) is 2. The summed E-state index contributed by atoms with van der Waals surface area (Å²) < 4.78 is 30.0. The zero-order valence-corrected chi connectivity index (χ0v) is 23.5. The summed E-state index contributed by atoms with van der Waals surface area (Å²) in [7, 11) is -3.59. The van der Waals surface area contributed by atoms with Crippen molar-refractivity contribution in [3.05, 3.63) is 29.5 Å². The van der Waals surface area contributed by atoms with Crippen molar-refractivity contribution >= 4 is 26.5 Å². The highest BCUT2D eigenvalue weighted by Crippen LogP contribution is 2.35. The minimum Gasteiger partial charge on any atom is -0.361 e. The maximum absolute atomic E-state index is 13.5. The normalized spacial score (nSPS) is 21.3. The van der Waals surface area contributed by atoms with E-state index in [2.05, 4.69) is 14.9 Å². The van der Waals surface area contributed by atoms with Crippen molar-refractivity contribution in [2.75, 3.05) is 25.0 Å². The van der Waals surface area contributed by atoms with E-state index in [1.807, 2.05) is 32.0 Å². The number of aromatic nitrogens is 1. The van der Waals surface area contributed by atoms with Crippen LogP contribution in [0.2, 0.25) is 0 Å². The summed E-state index contributed by atoms with van der Waals surface area (Å²) in [4.78, 5) is 8.77. The Labute approximate surface area is 221 Å². The van der Waals surface area contributed by atoms with E-state index in [0.717, 1.165) is 65.2 Å². The average Bonchev–Trinajstić information content (AvgIpc) is 3.54. The Kier molecular flexibility index (Phi) is 8.35. The third-order valence-electron chi connectivity index (χ3n) is 8.50. The third kappa shape index (κ3) is 6.14. The van der Waals surface area contributed by atoms with Crippen LogP contribution in [0.1, 0.15) is 81.9 Å². The van der Waals surface area contributed by atoms with Gasteiger partial charge in [-0.15, -0.1) is 0 Å². The number of benzene rings is 1. The topological polar surface area (TPSA) is 74.3 Å². The molecule has 3 aliphatic rings. The van der Waals surface area contributed by atoms with Crippen molar-refractivity contribution < 1.29 is 8.42 Å². The Morgan fingerprint density at radius 1 is 0.972 bits per heavy atom. The molecule has 2 heterocycles. The molecule has 1 aliphatic heterocycles. The molecule has 0 amide bonds. The van der Waals surface area contributed by atoms with Crippen LogP contribution in [-0.2, 0) is 10.0 Å². The third-order valence-corrected chi connectivity index (χ3v) is 11.3. The first-order valence-electron chi connectivity index (χ1n) is 14.0. The van der Waals surface area contributed by atoms with Crippen molar-refractivity contribution in [2.24, 2.45) is 5.92 Å². The fourth-order valence-corrected chi connectivity index (χ4v) is 8.87. The van der Waals surface area contributed by atoms with Gasteiger partial charge in [-0.3, -0.25) is 0 Å². The lowest BCUT2D eigenvalue weighted by Crippen LogP contribution is -2.47. The van der Waals surface area contributed by atoms with Crippen LogP contribution >= 0.6 is 11.3 Å². The highest BCUT2D eigenvalue weighted by Gasteiger charge is 2.30. The van der Waals surface area contributed by atoms with E-state index in [-0.39, 0.29) is 6.04 Å². The summed E-state index contributed by atoms with van der Waals surface area (Å²) in [5.41, 5.74) is 2.66. The number of hydrogen-bond acceptors (Lipinski definition) is 6. The number of hydrogen-bond donors (Lipinski definition) is 2. The first-order chi connectivity index (χ1) is 17.4. The number of piperidine rings is 1. The van der Waals surface area contributed by atoms with E-state index in [0.29, 0.717) is 10.9 Å². The van der Waals surface area contributed by atoms with Gasteiger partial charge in [0.05, 0.1) is 15.5 Å². The molecule has 36 heavy (non-hydrogen) atoms. The van der Waals surface area contributed by atoms with Crippen LogP contribution in [0.4, 0.5) is 5.13 Å². The van der Waals surface area contributed by atoms with Gasteiger partial charge in [0.1, 0.15) is 0 Å². The van der Waals surface area contributed by atoms with Crippen molar-refractivity contribution in [3.63, 3.8) is 0 Å². The van der Waals surface area contributed by atoms with E-state index < -0.39 is 10.0 Å². The van der Waals surface area contributed by atoms with Crippen molar-refractivity contribution in [1.82, 2.24) is 14.6 Å². The van der Waals surface area contributed by atoms with Crippen LogP contribution in [-0.4, -0.2) is 50.0 Å². The summed E-state index contributed by atoms with van der Waals surface area (Å²) in [6.45, 7) is 6.87. The largest absolute Gasteiger partial charge is 0.361 e. The van der Waals surface area contributed by atoms with Gasteiger partial charge in [0, 0.05) is 18.6 Å². The zero-order valence-electron chi connectivity index (χ0n) is 21.9. The first-order valence-corrected chi connectivity index (χ1v) is 16.3. The van der Waals surface area contributed by atoms with E-state index in [9.17, 15) is 8.42 Å². The SMILES string of the molecule is Cc1ccc(-c2sc(NCC3CCCCC3)nc2C)cc1S(=O)(=O)NC1CCN(C2CCCC2)CC1. The Balaban J connectivity index is 1.25. The highest BCUT2D eigenvalue weighted by molar-refractivity contribution is 7.89. The second-order valence-electron chi connectivity index (χ2n) is 11.2. The highest BCUT2D eigenvalue weighted by atomic mass is 32.2. The summed E-state index contributed by atoms with van der Waals surface area (Å²) >= 11 is 1.63. The number of likely N-dealkylation sites (tertiary alicyclic amines) is 1. The minimum absolute atomic E-state index is 0.0106. The second-order valence-corrected chi connectivity index (χ2v) is 13.9. The van der Waals surface area contributed by atoms with Gasteiger partial charge in [0.2, 0.25) is 10.0 Å². The number of thiazole rings is 1. The molecular weight excluding hydrogens is 488 g/mol. The molecule has 2 aliphatic carbocycles. The average molecular weight is 531 g/mol. The van der Waals surface area contributed by atoms with E-state index in [4.69, 9.17) is 4.98 Å². The van der Waals surface area contributed by atoms with Gasteiger partial charge >= 0.3 is 0 Å². The molecule has 2 N–H and O–H groups in total. The van der Waals surface area contributed by atoms with Crippen LogP contribution in [0.25, 0.3) is 10.4 Å². The molecule has 0 spiro atoms. The molecule has 1 saturated heterocycles. The summed E-state index contributed by atoms with van der Waals surface area (Å²) in [6.07, 6.45) is 13.7. The molecule has 1 aromatic carbocycles. The van der Waals surface area contributed by atoms with Crippen molar-refractivity contribution in [1.29, 1.82) is 0 Å². The summed E-state index contributed by atoms with van der Waals surface area (Å²) in [5.74, 6) is 0.735. The van der Waals surface area contributed by atoms with Crippen molar-refractivity contribution in [2.45, 2.75) is 101 Å². The van der Waals surface area contributed by atoms with E-state index in [1.165, 1.54) is 57.8 Å². The van der Waals surface area contributed by atoms with Gasteiger partial charge < -0.3 is 10.2 Å². The van der Waals surface area contributed by atoms with E-state index >= 15 is 0 Å². The molecule has 0 atom stereocenters. The van der Waals surface area contributed by atoms with Crippen LogP contribution < -0.4 is 10.0 Å². The number of nitrogens with zero attached hydrogens (tertiary/aromatic N) is 2. The van der Waals surface area contributed by atoms with Crippen LogP contribution in [0.15, 0.2) is 23.1 Å². The fourth-order valence-electron chi connectivity index (χ4n) is 6.33. The maximum atomic E-state index is 13.5. The number of anilines is 1. The Morgan fingerprint density at radius 2 is 1.67 bits per heavy atom. The molecule has 5 rings (SSSR count). The van der Waals surface area contributed by atoms with Gasteiger partial charge in [-0.1, -0.05) is 55.6 Å². The van der Waals surface area contributed by atoms with Gasteiger partial charge in [0.25, 0.3) is 0 Å². The maximum Gasteiger partial charge on any atom is 0.241 e. The molecule has 0 bridgehead atoms.